The van der Waals surface area contributed by atoms with Crippen molar-refractivity contribution in [3.8, 4) is 5.75 Å². The van der Waals surface area contributed by atoms with Crippen LogP contribution in [0.25, 0.3) is 0 Å². The molecule has 0 atom stereocenters. The van der Waals surface area contributed by atoms with E-state index in [0.717, 1.165) is 18.7 Å². The number of carbonyl (C=O) groups excluding carboxylic acids is 1. The van der Waals surface area contributed by atoms with E-state index in [1.165, 1.54) is 0 Å². The first-order valence-corrected chi connectivity index (χ1v) is 4.30. The fourth-order valence-electron chi connectivity index (χ4n) is 1.02. The number of aldehydes is 1. The van der Waals surface area contributed by atoms with Gasteiger partial charge in [0.1, 0.15) is 5.75 Å². The number of benzene rings is 1. The molecule has 0 amide bonds. The molecule has 0 aliphatic rings. The third-order valence-corrected chi connectivity index (χ3v) is 1.74. The van der Waals surface area contributed by atoms with E-state index >= 15 is 0 Å². The average molecular weight is 179 g/mol. The molecule has 70 valence electrons. The third kappa shape index (κ3) is 2.47. The van der Waals surface area contributed by atoms with Gasteiger partial charge < -0.3 is 10.4 Å². The SMILES string of the molecule is CCCNc1ccc(C=O)c(O)c1. The van der Waals surface area contributed by atoms with Gasteiger partial charge in [0.2, 0.25) is 0 Å². The standard InChI is InChI=1S/C10H13NO2/c1-2-5-11-9-4-3-8(7-12)10(13)6-9/h3-4,6-7,11,13H,2,5H2,1H3. The van der Waals surface area contributed by atoms with Gasteiger partial charge in [0.15, 0.2) is 6.29 Å². The number of phenols is 1. The molecule has 0 saturated heterocycles. The number of rotatable bonds is 4. The Morgan fingerprint density at radius 1 is 1.54 bits per heavy atom. The second-order valence-corrected chi connectivity index (χ2v) is 2.82. The molecule has 0 bridgehead atoms. The van der Waals surface area contributed by atoms with Gasteiger partial charge in [-0.3, -0.25) is 4.79 Å². The first kappa shape index (κ1) is 9.58. The Morgan fingerprint density at radius 2 is 2.31 bits per heavy atom. The van der Waals surface area contributed by atoms with Crippen LogP contribution in [0, 0.1) is 0 Å². The van der Waals surface area contributed by atoms with Crippen LogP contribution in [-0.2, 0) is 0 Å². The number of nitrogens with one attached hydrogen (secondary N) is 1. The van der Waals surface area contributed by atoms with Crippen molar-refractivity contribution in [3.05, 3.63) is 23.8 Å². The van der Waals surface area contributed by atoms with Gasteiger partial charge in [0.25, 0.3) is 0 Å². The highest BCUT2D eigenvalue weighted by atomic mass is 16.3. The number of hydrogen-bond acceptors (Lipinski definition) is 3. The smallest absolute Gasteiger partial charge is 0.153 e. The number of carbonyl (C=O) groups is 1. The normalized spacial score (nSPS) is 9.62. The minimum absolute atomic E-state index is 0.0242. The lowest BCUT2D eigenvalue weighted by molar-refractivity contribution is 0.112. The summed E-state index contributed by atoms with van der Waals surface area (Å²) >= 11 is 0. The summed E-state index contributed by atoms with van der Waals surface area (Å²) < 4.78 is 0. The molecule has 3 heteroatoms. The highest BCUT2D eigenvalue weighted by Gasteiger charge is 1.99. The van der Waals surface area contributed by atoms with Crippen LogP contribution in [0.4, 0.5) is 5.69 Å². The maximum absolute atomic E-state index is 10.4. The number of hydrogen-bond donors (Lipinski definition) is 2. The molecule has 0 unspecified atom stereocenters. The van der Waals surface area contributed by atoms with Crippen LogP contribution in [0.5, 0.6) is 5.75 Å². The Morgan fingerprint density at radius 3 is 2.85 bits per heavy atom. The molecule has 0 aliphatic carbocycles. The van der Waals surface area contributed by atoms with E-state index in [-0.39, 0.29) is 5.75 Å². The Labute approximate surface area is 77.4 Å². The second kappa shape index (κ2) is 4.50. The van der Waals surface area contributed by atoms with Gasteiger partial charge >= 0.3 is 0 Å². The van der Waals surface area contributed by atoms with E-state index in [1.807, 2.05) is 0 Å². The summed E-state index contributed by atoms with van der Waals surface area (Å²) in [5.74, 6) is 0.0242. The van der Waals surface area contributed by atoms with Crippen LogP contribution in [0.3, 0.4) is 0 Å². The molecule has 3 nitrogen and oxygen atoms in total. The summed E-state index contributed by atoms with van der Waals surface area (Å²) in [6.07, 6.45) is 1.66. The van der Waals surface area contributed by atoms with E-state index in [9.17, 15) is 9.90 Å². The molecular weight excluding hydrogens is 166 g/mol. The second-order valence-electron chi connectivity index (χ2n) is 2.82. The number of phenolic OH excluding ortho intramolecular Hbond substituents is 1. The molecule has 0 aromatic heterocycles. The van der Waals surface area contributed by atoms with Gasteiger partial charge in [-0.05, 0) is 18.6 Å². The number of aromatic hydroxyl groups is 1. The molecule has 0 fully saturated rings. The zero-order valence-electron chi connectivity index (χ0n) is 7.58. The lowest BCUT2D eigenvalue weighted by atomic mass is 10.2. The van der Waals surface area contributed by atoms with Crippen LogP contribution in [0.15, 0.2) is 18.2 Å². The fraction of sp³-hybridized carbons (Fsp3) is 0.300. The molecule has 2 N–H and O–H groups in total. The Balaban J connectivity index is 2.77. The maximum atomic E-state index is 10.4. The molecule has 13 heavy (non-hydrogen) atoms. The van der Waals surface area contributed by atoms with Crippen LogP contribution in [0.2, 0.25) is 0 Å². The summed E-state index contributed by atoms with van der Waals surface area (Å²) in [6, 6.07) is 4.93. The first-order valence-electron chi connectivity index (χ1n) is 4.30. The van der Waals surface area contributed by atoms with Gasteiger partial charge in [-0.1, -0.05) is 6.92 Å². The van der Waals surface area contributed by atoms with E-state index in [4.69, 9.17) is 0 Å². The van der Waals surface area contributed by atoms with E-state index in [0.29, 0.717) is 11.8 Å². The Hall–Kier alpha value is -1.51. The van der Waals surface area contributed by atoms with E-state index in [1.54, 1.807) is 18.2 Å². The lowest BCUT2D eigenvalue weighted by Gasteiger charge is -2.05. The summed E-state index contributed by atoms with van der Waals surface area (Å²) in [6.45, 7) is 2.92. The quantitative estimate of drug-likeness (QED) is 0.695. The van der Waals surface area contributed by atoms with Gasteiger partial charge in [-0.25, -0.2) is 0 Å². The molecule has 1 rings (SSSR count). The van der Waals surface area contributed by atoms with Crippen molar-refractivity contribution < 1.29 is 9.90 Å². The van der Waals surface area contributed by atoms with Crippen LogP contribution in [-0.4, -0.2) is 17.9 Å². The molecule has 0 heterocycles. The Bertz CT molecular complexity index is 297. The van der Waals surface area contributed by atoms with Crippen molar-refractivity contribution in [1.82, 2.24) is 0 Å². The maximum Gasteiger partial charge on any atom is 0.153 e. The third-order valence-electron chi connectivity index (χ3n) is 1.74. The van der Waals surface area contributed by atoms with Crippen molar-refractivity contribution >= 4 is 12.0 Å². The topological polar surface area (TPSA) is 49.3 Å². The van der Waals surface area contributed by atoms with Gasteiger partial charge in [0, 0.05) is 18.3 Å². The zero-order valence-corrected chi connectivity index (χ0v) is 7.58. The molecular formula is C10H13NO2. The average Bonchev–Trinajstić information content (AvgIpc) is 2.15. The first-order chi connectivity index (χ1) is 6.27. The van der Waals surface area contributed by atoms with Gasteiger partial charge in [-0.15, -0.1) is 0 Å². The van der Waals surface area contributed by atoms with Crippen LogP contribution < -0.4 is 5.32 Å². The van der Waals surface area contributed by atoms with Crippen molar-refractivity contribution in [3.63, 3.8) is 0 Å². The summed E-state index contributed by atoms with van der Waals surface area (Å²) in [5.41, 5.74) is 1.16. The molecule has 0 aliphatic heterocycles. The molecule has 0 spiro atoms. The molecule has 1 aromatic rings. The molecule has 0 radical (unpaired) electrons. The van der Waals surface area contributed by atoms with Gasteiger partial charge in [0.05, 0.1) is 5.56 Å². The van der Waals surface area contributed by atoms with Crippen molar-refractivity contribution in [2.75, 3.05) is 11.9 Å². The Kier molecular flexibility index (Phi) is 3.31. The van der Waals surface area contributed by atoms with Gasteiger partial charge in [-0.2, -0.15) is 0 Å². The zero-order chi connectivity index (χ0) is 9.68. The monoisotopic (exact) mass is 179 g/mol. The van der Waals surface area contributed by atoms with Crippen LogP contribution in [0.1, 0.15) is 23.7 Å². The highest BCUT2D eigenvalue weighted by Crippen LogP contribution is 2.20. The van der Waals surface area contributed by atoms with Crippen LogP contribution >= 0.6 is 0 Å². The fourth-order valence-corrected chi connectivity index (χ4v) is 1.02. The minimum Gasteiger partial charge on any atom is -0.507 e. The van der Waals surface area contributed by atoms with Crippen molar-refractivity contribution in [1.29, 1.82) is 0 Å². The summed E-state index contributed by atoms with van der Waals surface area (Å²) in [4.78, 5) is 10.4. The molecule has 0 saturated carbocycles. The minimum atomic E-state index is 0.0242. The predicted octanol–water partition coefficient (Wildman–Crippen LogP) is 2.03. The predicted molar refractivity (Wildman–Crippen MR) is 52.3 cm³/mol. The highest BCUT2D eigenvalue weighted by molar-refractivity contribution is 5.80. The lowest BCUT2D eigenvalue weighted by Crippen LogP contribution is -1.99. The molecule has 1 aromatic carbocycles. The largest absolute Gasteiger partial charge is 0.507 e. The van der Waals surface area contributed by atoms with Crippen molar-refractivity contribution in [2.45, 2.75) is 13.3 Å². The van der Waals surface area contributed by atoms with Crippen molar-refractivity contribution in [2.24, 2.45) is 0 Å². The number of anilines is 1. The summed E-state index contributed by atoms with van der Waals surface area (Å²) in [5, 5.41) is 12.4. The summed E-state index contributed by atoms with van der Waals surface area (Å²) in [7, 11) is 0. The van der Waals surface area contributed by atoms with E-state index < -0.39 is 0 Å². The van der Waals surface area contributed by atoms with E-state index in [2.05, 4.69) is 12.2 Å².